The molecule has 0 fully saturated rings. The summed E-state index contributed by atoms with van der Waals surface area (Å²) in [5, 5.41) is 8.58. The number of hydrogen-bond donors (Lipinski definition) is 1. The fourth-order valence-corrected chi connectivity index (χ4v) is 1.51. The van der Waals surface area contributed by atoms with Gasteiger partial charge in [0, 0.05) is 0 Å². The molecule has 0 radical (unpaired) electrons. The second kappa shape index (κ2) is 3.11. The lowest BCUT2D eigenvalue weighted by Gasteiger charge is -2.18. The molecule has 0 unspecified atom stereocenters. The maximum Gasteiger partial charge on any atom is 0.0615 e. The summed E-state index contributed by atoms with van der Waals surface area (Å²) in [6.07, 6.45) is 6.18. The summed E-state index contributed by atoms with van der Waals surface area (Å²) in [6.45, 7) is 0.122. The van der Waals surface area contributed by atoms with Crippen LogP contribution in [0, 0.1) is 0 Å². The minimum absolute atomic E-state index is 0.122. The highest BCUT2D eigenvalue weighted by molar-refractivity contribution is 5.53. The van der Waals surface area contributed by atoms with Gasteiger partial charge in [-0.1, -0.05) is 30.4 Å². The quantitative estimate of drug-likeness (QED) is 0.699. The predicted molar refractivity (Wildman–Crippen MR) is 50.0 cm³/mol. The molecule has 0 heterocycles. The van der Waals surface area contributed by atoms with E-state index in [-0.39, 0.29) is 6.61 Å². The Kier molecular flexibility index (Phi) is 1.96. The first-order chi connectivity index (χ1) is 5.90. The van der Waals surface area contributed by atoms with Gasteiger partial charge in [-0.25, -0.2) is 0 Å². The average molecular weight is 160 g/mol. The van der Waals surface area contributed by atoms with Crippen molar-refractivity contribution in [1.29, 1.82) is 0 Å². The van der Waals surface area contributed by atoms with Crippen LogP contribution < -0.4 is 0 Å². The van der Waals surface area contributed by atoms with Gasteiger partial charge in [0.1, 0.15) is 0 Å². The number of aliphatic hydroxyl groups is 1. The van der Waals surface area contributed by atoms with Gasteiger partial charge in [0.2, 0.25) is 0 Å². The Hall–Kier alpha value is -1.08. The molecule has 0 saturated heterocycles. The fourth-order valence-electron chi connectivity index (χ4n) is 1.51. The first kappa shape index (κ1) is 7.56. The van der Waals surface area contributed by atoms with Crippen molar-refractivity contribution in [1.82, 2.24) is 0 Å². The Morgan fingerprint density at radius 2 is 2.08 bits per heavy atom. The molecule has 1 aromatic rings. The van der Waals surface area contributed by atoms with Crippen LogP contribution in [0.1, 0.15) is 16.7 Å². The highest BCUT2D eigenvalue weighted by atomic mass is 16.2. The van der Waals surface area contributed by atoms with Crippen LogP contribution in [0.3, 0.4) is 0 Å². The van der Waals surface area contributed by atoms with Crippen molar-refractivity contribution >= 4 is 6.08 Å². The molecule has 1 aliphatic carbocycles. The number of aryl methyl sites for hydroxylation is 2. The van der Waals surface area contributed by atoms with E-state index in [1.54, 1.807) is 6.08 Å². The Balaban J connectivity index is 2.23. The largest absolute Gasteiger partial charge is 0.392 e. The minimum Gasteiger partial charge on any atom is -0.392 e. The summed E-state index contributed by atoms with van der Waals surface area (Å²) in [6, 6.07) is 6.48. The molecule has 0 spiro atoms. The van der Waals surface area contributed by atoms with Crippen LogP contribution in [-0.4, -0.2) is 11.7 Å². The predicted octanol–water partition coefficient (Wildman–Crippen LogP) is 1.79. The van der Waals surface area contributed by atoms with E-state index in [0.717, 1.165) is 0 Å². The summed E-state index contributed by atoms with van der Waals surface area (Å²) < 4.78 is 0. The second-order valence-electron chi connectivity index (χ2n) is 3.11. The molecule has 2 rings (SSSR count). The molecule has 0 bridgehead atoms. The lowest BCUT2D eigenvalue weighted by molar-refractivity contribution is 0.343. The third kappa shape index (κ3) is 1.28. The van der Waals surface area contributed by atoms with Gasteiger partial charge in [-0.3, -0.25) is 0 Å². The van der Waals surface area contributed by atoms with Crippen molar-refractivity contribution in [2.24, 2.45) is 0 Å². The summed E-state index contributed by atoms with van der Waals surface area (Å²) in [5.74, 6) is 0. The SMILES string of the molecule is OCC=Cc1ccc2c(c1)CC2. The Bertz CT molecular complexity index is 313. The Morgan fingerprint density at radius 3 is 2.67 bits per heavy atom. The molecule has 1 aliphatic rings. The molecule has 1 nitrogen and oxygen atoms in total. The highest BCUT2D eigenvalue weighted by Crippen LogP contribution is 2.23. The van der Waals surface area contributed by atoms with Gasteiger partial charge in [-0.05, 0) is 29.5 Å². The molecule has 0 atom stereocenters. The molecule has 1 aromatic carbocycles. The Labute approximate surface area is 72.4 Å². The third-order valence-corrected chi connectivity index (χ3v) is 2.31. The van der Waals surface area contributed by atoms with E-state index in [1.807, 2.05) is 6.08 Å². The van der Waals surface area contributed by atoms with Crippen molar-refractivity contribution in [2.45, 2.75) is 12.8 Å². The standard InChI is InChI=1S/C11H12O/c12-7-1-2-9-3-4-10-5-6-11(10)8-9/h1-4,8,12H,5-7H2. The van der Waals surface area contributed by atoms with E-state index in [9.17, 15) is 0 Å². The van der Waals surface area contributed by atoms with Gasteiger partial charge in [-0.15, -0.1) is 0 Å². The highest BCUT2D eigenvalue weighted by Gasteiger charge is 2.11. The first-order valence-corrected chi connectivity index (χ1v) is 4.29. The van der Waals surface area contributed by atoms with Gasteiger partial charge in [0.25, 0.3) is 0 Å². The van der Waals surface area contributed by atoms with Crippen LogP contribution >= 0.6 is 0 Å². The second-order valence-corrected chi connectivity index (χ2v) is 3.11. The van der Waals surface area contributed by atoms with E-state index in [2.05, 4.69) is 18.2 Å². The van der Waals surface area contributed by atoms with Crippen LogP contribution in [0.25, 0.3) is 6.08 Å². The van der Waals surface area contributed by atoms with Gasteiger partial charge in [-0.2, -0.15) is 0 Å². The van der Waals surface area contributed by atoms with Crippen molar-refractivity contribution < 1.29 is 5.11 Å². The van der Waals surface area contributed by atoms with Gasteiger partial charge >= 0.3 is 0 Å². The molecule has 0 saturated carbocycles. The summed E-state index contributed by atoms with van der Waals surface area (Å²) in [5.41, 5.74) is 4.15. The lowest BCUT2D eigenvalue weighted by Crippen LogP contribution is -2.07. The topological polar surface area (TPSA) is 20.2 Å². The molecule has 0 aliphatic heterocycles. The molecule has 62 valence electrons. The van der Waals surface area contributed by atoms with Crippen LogP contribution in [-0.2, 0) is 12.8 Å². The maximum atomic E-state index is 8.58. The van der Waals surface area contributed by atoms with Crippen molar-refractivity contribution in [2.75, 3.05) is 6.61 Å². The number of rotatable bonds is 2. The van der Waals surface area contributed by atoms with Gasteiger partial charge < -0.3 is 5.11 Å². The molecule has 1 N–H and O–H groups in total. The van der Waals surface area contributed by atoms with Crippen LogP contribution in [0.15, 0.2) is 24.3 Å². The average Bonchev–Trinajstić information content (AvgIpc) is 2.05. The van der Waals surface area contributed by atoms with E-state index >= 15 is 0 Å². The molecule has 0 amide bonds. The van der Waals surface area contributed by atoms with E-state index < -0.39 is 0 Å². The number of aliphatic hydroxyl groups excluding tert-OH is 1. The number of hydrogen-bond acceptors (Lipinski definition) is 1. The maximum absolute atomic E-state index is 8.58. The zero-order valence-corrected chi connectivity index (χ0v) is 6.96. The van der Waals surface area contributed by atoms with Crippen molar-refractivity contribution in [3.8, 4) is 0 Å². The fraction of sp³-hybridized carbons (Fsp3) is 0.273. The molecular formula is C11H12O. The van der Waals surface area contributed by atoms with Crippen LogP contribution in [0.2, 0.25) is 0 Å². The molecule has 0 aromatic heterocycles. The van der Waals surface area contributed by atoms with Crippen molar-refractivity contribution in [3.63, 3.8) is 0 Å². The third-order valence-electron chi connectivity index (χ3n) is 2.31. The van der Waals surface area contributed by atoms with E-state index in [4.69, 9.17) is 5.11 Å². The summed E-state index contributed by atoms with van der Waals surface area (Å²) >= 11 is 0. The van der Waals surface area contributed by atoms with E-state index in [1.165, 1.54) is 29.5 Å². The zero-order chi connectivity index (χ0) is 8.39. The monoisotopic (exact) mass is 160 g/mol. The summed E-state index contributed by atoms with van der Waals surface area (Å²) in [4.78, 5) is 0. The first-order valence-electron chi connectivity index (χ1n) is 4.29. The van der Waals surface area contributed by atoms with Gasteiger partial charge in [0.15, 0.2) is 0 Å². The number of fused-ring (bicyclic) bond motifs is 1. The van der Waals surface area contributed by atoms with Crippen molar-refractivity contribution in [3.05, 3.63) is 41.0 Å². The van der Waals surface area contributed by atoms with E-state index in [0.29, 0.717) is 0 Å². The minimum atomic E-state index is 0.122. The van der Waals surface area contributed by atoms with Gasteiger partial charge in [0.05, 0.1) is 6.61 Å². The van der Waals surface area contributed by atoms with Crippen LogP contribution in [0.5, 0.6) is 0 Å². The Morgan fingerprint density at radius 1 is 1.25 bits per heavy atom. The lowest BCUT2D eigenvalue weighted by atomic mass is 9.87. The normalized spacial score (nSPS) is 14.4. The molecule has 12 heavy (non-hydrogen) atoms. The molecular weight excluding hydrogens is 148 g/mol. The summed E-state index contributed by atoms with van der Waals surface area (Å²) in [7, 11) is 0. The smallest absolute Gasteiger partial charge is 0.0615 e. The zero-order valence-electron chi connectivity index (χ0n) is 6.96. The number of benzene rings is 1. The van der Waals surface area contributed by atoms with Crippen LogP contribution in [0.4, 0.5) is 0 Å². The molecule has 1 heteroatoms.